The molecule has 3 heterocycles. The first-order valence-electron chi connectivity index (χ1n) is 10.6. The number of piperazine rings is 1. The second kappa shape index (κ2) is 8.97. The molecule has 9 heteroatoms. The number of hydrogen-bond donors (Lipinski definition) is 0. The first kappa shape index (κ1) is 20.5. The Kier molecular flexibility index (Phi) is 5.74. The van der Waals surface area contributed by atoms with E-state index in [0.29, 0.717) is 23.6 Å². The average molecular weight is 434 g/mol. The van der Waals surface area contributed by atoms with E-state index >= 15 is 0 Å². The maximum Gasteiger partial charge on any atom is 0.266 e. The summed E-state index contributed by atoms with van der Waals surface area (Å²) in [6, 6.07) is 14.7. The highest BCUT2D eigenvalue weighted by atomic mass is 19.1. The summed E-state index contributed by atoms with van der Waals surface area (Å²) in [6.45, 7) is 4.77. The van der Waals surface area contributed by atoms with E-state index in [4.69, 9.17) is 4.42 Å². The lowest BCUT2D eigenvalue weighted by atomic mass is 10.1. The first-order valence-corrected chi connectivity index (χ1v) is 10.6. The summed E-state index contributed by atoms with van der Waals surface area (Å²) in [7, 11) is 0. The number of hydrogen-bond acceptors (Lipinski definition) is 7. The summed E-state index contributed by atoms with van der Waals surface area (Å²) in [6.07, 6.45) is 1.19. The lowest BCUT2D eigenvalue weighted by Gasteiger charge is -2.37. The molecule has 0 saturated carbocycles. The van der Waals surface area contributed by atoms with Crippen molar-refractivity contribution in [2.45, 2.75) is 6.54 Å². The first-order chi connectivity index (χ1) is 15.7. The molecule has 3 aromatic rings. The minimum absolute atomic E-state index is 0.0675. The van der Waals surface area contributed by atoms with E-state index in [1.807, 2.05) is 6.07 Å². The van der Waals surface area contributed by atoms with Gasteiger partial charge >= 0.3 is 0 Å². The van der Waals surface area contributed by atoms with Gasteiger partial charge in [-0.2, -0.15) is 0 Å². The maximum atomic E-state index is 14.1. The number of amides is 1. The van der Waals surface area contributed by atoms with Gasteiger partial charge in [0.05, 0.1) is 12.4 Å². The van der Waals surface area contributed by atoms with Crippen molar-refractivity contribution in [3.05, 3.63) is 77.8 Å². The van der Waals surface area contributed by atoms with Crippen LogP contribution in [0.4, 0.5) is 10.1 Å². The third kappa shape index (κ3) is 4.30. The van der Waals surface area contributed by atoms with Gasteiger partial charge in [0.15, 0.2) is 0 Å². The average Bonchev–Trinajstić information content (AvgIpc) is 3.30. The van der Waals surface area contributed by atoms with Gasteiger partial charge in [-0.1, -0.05) is 30.3 Å². The summed E-state index contributed by atoms with van der Waals surface area (Å²) in [4.78, 5) is 23.7. The number of carbonyl (C=O) groups excluding carboxylic acids is 1. The quantitative estimate of drug-likeness (QED) is 0.613. The van der Waals surface area contributed by atoms with Gasteiger partial charge in [-0.05, 0) is 23.8 Å². The molecule has 0 spiro atoms. The van der Waals surface area contributed by atoms with E-state index < -0.39 is 5.82 Å². The molecule has 1 aromatic heterocycles. The molecule has 2 aromatic carbocycles. The van der Waals surface area contributed by atoms with Crippen LogP contribution >= 0.6 is 0 Å². The summed E-state index contributed by atoms with van der Waals surface area (Å²) in [5.41, 5.74) is 2.70. The molecule has 8 nitrogen and oxygen atoms in total. The number of fused-ring (bicyclic) bond motifs is 1. The Hall–Kier alpha value is -3.43. The Bertz CT molecular complexity index is 1110. The number of aliphatic imine (C=N–C) groups is 1. The minimum atomic E-state index is -0.417. The van der Waals surface area contributed by atoms with Crippen LogP contribution in [0, 0.1) is 5.82 Å². The lowest BCUT2D eigenvalue weighted by Crippen LogP contribution is -2.51. The van der Waals surface area contributed by atoms with Crippen LogP contribution in [0.5, 0.6) is 0 Å². The summed E-state index contributed by atoms with van der Waals surface area (Å²) in [5, 5.41) is 7.59. The molecule has 2 aliphatic heterocycles. The van der Waals surface area contributed by atoms with Gasteiger partial charge in [-0.25, -0.2) is 4.39 Å². The minimum Gasteiger partial charge on any atom is -0.422 e. The Morgan fingerprint density at radius 3 is 2.53 bits per heavy atom. The molecule has 32 heavy (non-hydrogen) atoms. The molecule has 0 unspecified atom stereocenters. The molecule has 164 valence electrons. The SMILES string of the molecule is O=C1CN=C(c2nnco2)c2cc(F)ccc2N1CN1CCN(Cc2ccccc2)CC1. The number of anilines is 1. The van der Waals surface area contributed by atoms with Crippen LogP contribution < -0.4 is 4.90 Å². The molecule has 0 radical (unpaired) electrons. The highest BCUT2D eigenvalue weighted by Crippen LogP contribution is 2.28. The van der Waals surface area contributed by atoms with E-state index in [2.05, 4.69) is 49.3 Å². The van der Waals surface area contributed by atoms with E-state index in [1.54, 1.807) is 11.0 Å². The molecule has 2 aliphatic rings. The number of benzodiazepines with no additional fused rings is 1. The topological polar surface area (TPSA) is 78.1 Å². The third-order valence-electron chi connectivity index (χ3n) is 5.80. The molecule has 1 amide bonds. The highest BCUT2D eigenvalue weighted by Gasteiger charge is 2.29. The number of aromatic nitrogens is 2. The van der Waals surface area contributed by atoms with Crippen LogP contribution in [-0.2, 0) is 11.3 Å². The summed E-state index contributed by atoms with van der Waals surface area (Å²) >= 11 is 0. The monoisotopic (exact) mass is 434 g/mol. The predicted octanol–water partition coefficient (Wildman–Crippen LogP) is 2.17. The number of benzene rings is 2. The normalized spacial score (nSPS) is 17.7. The van der Waals surface area contributed by atoms with Crippen molar-refractivity contribution in [3.63, 3.8) is 0 Å². The molecule has 0 atom stereocenters. The molecule has 5 rings (SSSR count). The van der Waals surface area contributed by atoms with Gasteiger partial charge in [-0.15, -0.1) is 10.2 Å². The number of carbonyl (C=O) groups is 1. The van der Waals surface area contributed by atoms with Crippen LogP contribution in [0.3, 0.4) is 0 Å². The zero-order valence-corrected chi connectivity index (χ0v) is 17.5. The van der Waals surface area contributed by atoms with Crippen LogP contribution in [-0.4, -0.2) is 71.0 Å². The zero-order chi connectivity index (χ0) is 21.9. The zero-order valence-electron chi connectivity index (χ0n) is 17.5. The molecular weight excluding hydrogens is 411 g/mol. The summed E-state index contributed by atoms with van der Waals surface area (Å²) < 4.78 is 19.4. The lowest BCUT2D eigenvalue weighted by molar-refractivity contribution is -0.117. The number of rotatable bonds is 5. The van der Waals surface area contributed by atoms with Crippen molar-refractivity contribution in [1.82, 2.24) is 20.0 Å². The van der Waals surface area contributed by atoms with Crippen LogP contribution in [0.15, 0.2) is 64.3 Å². The third-order valence-corrected chi connectivity index (χ3v) is 5.80. The molecular formula is C23H23FN6O2. The molecule has 0 bridgehead atoms. The largest absolute Gasteiger partial charge is 0.422 e. The van der Waals surface area contributed by atoms with Crippen LogP contribution in [0.1, 0.15) is 17.0 Å². The molecule has 1 saturated heterocycles. The number of nitrogens with zero attached hydrogens (tertiary/aromatic N) is 6. The van der Waals surface area contributed by atoms with Crippen LogP contribution in [0.25, 0.3) is 0 Å². The van der Waals surface area contributed by atoms with Crippen molar-refractivity contribution in [2.75, 3.05) is 44.3 Å². The van der Waals surface area contributed by atoms with Crippen molar-refractivity contribution in [2.24, 2.45) is 4.99 Å². The fraction of sp³-hybridized carbons (Fsp3) is 0.304. The van der Waals surface area contributed by atoms with Gasteiger partial charge < -0.3 is 4.42 Å². The maximum absolute atomic E-state index is 14.1. The van der Waals surface area contributed by atoms with E-state index in [9.17, 15) is 9.18 Å². The Labute approximate surface area is 185 Å². The predicted molar refractivity (Wildman–Crippen MR) is 117 cm³/mol. The van der Waals surface area contributed by atoms with Crippen molar-refractivity contribution >= 4 is 17.3 Å². The van der Waals surface area contributed by atoms with E-state index in [-0.39, 0.29) is 18.3 Å². The van der Waals surface area contributed by atoms with E-state index in [1.165, 1.54) is 24.1 Å². The van der Waals surface area contributed by atoms with Crippen LogP contribution in [0.2, 0.25) is 0 Å². The fourth-order valence-electron chi connectivity index (χ4n) is 4.13. The molecule has 0 N–H and O–H groups in total. The molecule has 0 aliphatic carbocycles. The molecule has 1 fully saturated rings. The standard InChI is InChI=1S/C23H23FN6O2/c24-18-6-7-20-19(12-18)22(23-27-26-15-32-23)25-13-21(31)30(20)16-29-10-8-28(9-11-29)14-17-4-2-1-3-5-17/h1-7,12,15H,8-11,13-14,16H2. The second-order valence-corrected chi connectivity index (χ2v) is 7.91. The summed E-state index contributed by atoms with van der Waals surface area (Å²) in [5.74, 6) is -0.403. The van der Waals surface area contributed by atoms with Gasteiger partial charge in [-0.3, -0.25) is 24.5 Å². The second-order valence-electron chi connectivity index (χ2n) is 7.91. The van der Waals surface area contributed by atoms with Gasteiger partial charge in [0.25, 0.3) is 5.89 Å². The Morgan fingerprint density at radius 1 is 1.00 bits per heavy atom. The van der Waals surface area contributed by atoms with E-state index in [0.717, 1.165) is 32.7 Å². The van der Waals surface area contributed by atoms with Gasteiger partial charge in [0.1, 0.15) is 18.1 Å². The number of halogens is 1. The van der Waals surface area contributed by atoms with Crippen molar-refractivity contribution < 1.29 is 13.6 Å². The Balaban J connectivity index is 1.32. The highest BCUT2D eigenvalue weighted by molar-refractivity contribution is 6.17. The smallest absolute Gasteiger partial charge is 0.266 e. The van der Waals surface area contributed by atoms with Crippen molar-refractivity contribution in [1.29, 1.82) is 0 Å². The van der Waals surface area contributed by atoms with Gasteiger partial charge in [0, 0.05) is 38.3 Å². The van der Waals surface area contributed by atoms with Gasteiger partial charge in [0.2, 0.25) is 12.3 Å². The van der Waals surface area contributed by atoms with Crippen molar-refractivity contribution in [3.8, 4) is 0 Å². The Morgan fingerprint density at radius 2 is 1.78 bits per heavy atom. The fourth-order valence-corrected chi connectivity index (χ4v) is 4.13.